The summed E-state index contributed by atoms with van der Waals surface area (Å²) in [4.78, 5) is 0. The minimum atomic E-state index is -2.78. The Morgan fingerprint density at radius 2 is 0.923 bits per heavy atom. The molecule has 0 atom stereocenters. The van der Waals surface area contributed by atoms with Crippen molar-refractivity contribution in [3.8, 4) is 0 Å². The van der Waals surface area contributed by atoms with Crippen LogP contribution in [0.15, 0.2) is 0 Å². The van der Waals surface area contributed by atoms with E-state index in [-0.39, 0.29) is 0 Å². The SMILES string of the molecule is CO[Si](C)(OC)[Si](OC)(OC)OC. The molecular weight excluding hydrogens is 208 g/mol. The van der Waals surface area contributed by atoms with Gasteiger partial charge >= 0.3 is 16.4 Å². The number of hydrogen-bond donors (Lipinski definition) is 0. The standard InChI is InChI=1S/C6H18O5Si2/c1-7-12(6,8-2)13(9-3,10-4)11-5/h1-6H3. The Hall–Kier alpha value is 0.234. The van der Waals surface area contributed by atoms with Crippen LogP contribution in [0.4, 0.5) is 0 Å². The van der Waals surface area contributed by atoms with Crippen LogP contribution in [0.1, 0.15) is 0 Å². The van der Waals surface area contributed by atoms with Crippen molar-refractivity contribution in [3.63, 3.8) is 0 Å². The molecule has 0 aliphatic rings. The zero-order chi connectivity index (χ0) is 10.5. The van der Waals surface area contributed by atoms with E-state index in [9.17, 15) is 0 Å². The van der Waals surface area contributed by atoms with Crippen molar-refractivity contribution < 1.29 is 22.1 Å². The molecule has 0 radical (unpaired) electrons. The zero-order valence-corrected chi connectivity index (χ0v) is 11.0. The van der Waals surface area contributed by atoms with Gasteiger partial charge in [0.1, 0.15) is 0 Å². The molecule has 0 aliphatic heterocycles. The lowest BCUT2D eigenvalue weighted by Crippen LogP contribution is -2.68. The maximum atomic E-state index is 5.33. The van der Waals surface area contributed by atoms with Crippen LogP contribution < -0.4 is 0 Å². The highest BCUT2D eigenvalue weighted by Gasteiger charge is 2.63. The van der Waals surface area contributed by atoms with Gasteiger partial charge in [-0.15, -0.1) is 0 Å². The first-order valence-corrected chi connectivity index (χ1v) is 8.85. The predicted octanol–water partition coefficient (Wildman–Crippen LogP) is 0.308. The summed E-state index contributed by atoms with van der Waals surface area (Å²) in [5, 5.41) is 0. The van der Waals surface area contributed by atoms with E-state index >= 15 is 0 Å². The van der Waals surface area contributed by atoms with Gasteiger partial charge in [0.15, 0.2) is 0 Å². The summed E-state index contributed by atoms with van der Waals surface area (Å²) in [5.41, 5.74) is 0. The summed E-state index contributed by atoms with van der Waals surface area (Å²) in [5.74, 6) is 0. The lowest BCUT2D eigenvalue weighted by molar-refractivity contribution is 0.118. The fraction of sp³-hybridized carbons (Fsp3) is 1.00. The van der Waals surface area contributed by atoms with E-state index in [2.05, 4.69) is 0 Å². The Labute approximate surface area is 81.3 Å². The Bertz CT molecular complexity index is 138. The van der Waals surface area contributed by atoms with E-state index in [0.717, 1.165) is 0 Å². The average molecular weight is 226 g/mol. The molecule has 0 saturated heterocycles. The summed E-state index contributed by atoms with van der Waals surface area (Å²) in [6.45, 7) is 1.86. The maximum absolute atomic E-state index is 5.33. The van der Waals surface area contributed by atoms with E-state index in [0.29, 0.717) is 0 Å². The van der Waals surface area contributed by atoms with Gasteiger partial charge in [-0.1, -0.05) is 0 Å². The lowest BCUT2D eigenvalue weighted by atomic mass is 11.8. The topological polar surface area (TPSA) is 46.2 Å². The third-order valence-corrected chi connectivity index (χ3v) is 12.8. The molecule has 0 heterocycles. The molecule has 0 aromatic carbocycles. The second kappa shape index (κ2) is 5.20. The Morgan fingerprint density at radius 3 is 1.00 bits per heavy atom. The van der Waals surface area contributed by atoms with Gasteiger partial charge in [-0.2, -0.15) is 0 Å². The molecule has 5 nitrogen and oxygen atoms in total. The van der Waals surface area contributed by atoms with Crippen molar-refractivity contribution in [1.82, 2.24) is 0 Å². The normalized spacial score (nSPS) is 13.4. The molecule has 0 amide bonds. The van der Waals surface area contributed by atoms with Gasteiger partial charge in [0.2, 0.25) is 0 Å². The fourth-order valence-electron chi connectivity index (χ4n) is 1.14. The number of rotatable bonds is 6. The van der Waals surface area contributed by atoms with Crippen molar-refractivity contribution in [1.29, 1.82) is 0 Å². The lowest BCUT2D eigenvalue weighted by Gasteiger charge is -2.35. The molecule has 0 aliphatic carbocycles. The van der Waals surface area contributed by atoms with E-state index in [1.54, 1.807) is 35.5 Å². The monoisotopic (exact) mass is 226 g/mol. The van der Waals surface area contributed by atoms with Gasteiger partial charge < -0.3 is 22.1 Å². The molecule has 0 rings (SSSR count). The van der Waals surface area contributed by atoms with Crippen LogP contribution in [0.3, 0.4) is 0 Å². The van der Waals surface area contributed by atoms with Gasteiger partial charge in [-0.05, 0) is 6.55 Å². The molecule has 13 heavy (non-hydrogen) atoms. The van der Waals surface area contributed by atoms with E-state index < -0.39 is 16.4 Å². The van der Waals surface area contributed by atoms with Crippen LogP contribution in [0.25, 0.3) is 0 Å². The van der Waals surface area contributed by atoms with E-state index in [4.69, 9.17) is 22.1 Å². The third kappa shape index (κ3) is 2.18. The average Bonchev–Trinajstić information content (AvgIpc) is 2.20. The first-order valence-electron chi connectivity index (χ1n) is 3.81. The van der Waals surface area contributed by atoms with E-state index in [1.165, 1.54) is 0 Å². The van der Waals surface area contributed by atoms with Gasteiger partial charge in [-0.3, -0.25) is 0 Å². The highest BCUT2D eigenvalue weighted by atomic mass is 29.3. The van der Waals surface area contributed by atoms with Crippen molar-refractivity contribution in [2.24, 2.45) is 0 Å². The molecule has 0 N–H and O–H groups in total. The highest BCUT2D eigenvalue weighted by Crippen LogP contribution is 2.22. The van der Waals surface area contributed by atoms with Crippen LogP contribution in [0.2, 0.25) is 6.55 Å². The molecular formula is C6H18O5Si2. The molecule has 0 saturated carbocycles. The van der Waals surface area contributed by atoms with Gasteiger partial charge in [0, 0.05) is 35.5 Å². The van der Waals surface area contributed by atoms with Crippen molar-refractivity contribution in [2.45, 2.75) is 6.55 Å². The van der Waals surface area contributed by atoms with Crippen molar-refractivity contribution in [3.05, 3.63) is 0 Å². The summed E-state index contributed by atoms with van der Waals surface area (Å²) in [6.07, 6.45) is 0. The molecule has 7 heteroatoms. The third-order valence-electron chi connectivity index (χ3n) is 2.14. The summed E-state index contributed by atoms with van der Waals surface area (Å²) in [7, 11) is 2.51. The maximum Gasteiger partial charge on any atom is 0.538 e. The molecule has 0 fully saturated rings. The number of hydrogen-bond acceptors (Lipinski definition) is 5. The van der Waals surface area contributed by atoms with Gasteiger partial charge in [0.05, 0.1) is 0 Å². The second-order valence-corrected chi connectivity index (χ2v) is 12.1. The second-order valence-electron chi connectivity index (χ2n) is 2.52. The zero-order valence-electron chi connectivity index (χ0n) is 9.04. The Morgan fingerprint density at radius 1 is 0.615 bits per heavy atom. The first-order chi connectivity index (χ1) is 6.05. The van der Waals surface area contributed by atoms with Gasteiger partial charge in [0.25, 0.3) is 0 Å². The largest absolute Gasteiger partial charge is 0.538 e. The molecule has 0 unspecified atom stereocenters. The molecule has 0 aromatic rings. The van der Waals surface area contributed by atoms with Crippen LogP contribution >= 0.6 is 0 Å². The van der Waals surface area contributed by atoms with Gasteiger partial charge in [-0.25, -0.2) is 0 Å². The molecule has 0 spiro atoms. The first kappa shape index (κ1) is 13.2. The summed E-state index contributed by atoms with van der Waals surface area (Å²) < 4.78 is 26.5. The summed E-state index contributed by atoms with van der Waals surface area (Å²) in [6, 6.07) is 0. The Kier molecular flexibility index (Phi) is 5.29. The minimum Gasteiger partial charge on any atom is -0.395 e. The molecule has 0 aromatic heterocycles. The Balaban J connectivity index is 4.87. The van der Waals surface area contributed by atoms with Crippen molar-refractivity contribution >= 4 is 16.4 Å². The van der Waals surface area contributed by atoms with Crippen molar-refractivity contribution in [2.75, 3.05) is 35.5 Å². The molecule has 0 bridgehead atoms. The highest BCUT2D eigenvalue weighted by molar-refractivity contribution is 7.28. The van der Waals surface area contributed by atoms with Crippen LogP contribution in [-0.4, -0.2) is 51.9 Å². The summed E-state index contributed by atoms with van der Waals surface area (Å²) >= 11 is 0. The predicted molar refractivity (Wildman–Crippen MR) is 52.4 cm³/mol. The molecule has 80 valence electrons. The van der Waals surface area contributed by atoms with Crippen LogP contribution in [-0.2, 0) is 22.1 Å². The smallest absolute Gasteiger partial charge is 0.395 e. The van der Waals surface area contributed by atoms with Crippen LogP contribution in [0, 0.1) is 0 Å². The fourth-order valence-corrected chi connectivity index (χ4v) is 8.26. The van der Waals surface area contributed by atoms with E-state index in [1.807, 2.05) is 6.55 Å². The quantitative estimate of drug-likeness (QED) is 0.610. The minimum absolute atomic E-state index is 1.54. The van der Waals surface area contributed by atoms with Crippen LogP contribution in [0.5, 0.6) is 0 Å².